The highest BCUT2D eigenvalue weighted by molar-refractivity contribution is 7.92. The Bertz CT molecular complexity index is 1080. The fourth-order valence-corrected chi connectivity index (χ4v) is 2.94. The van der Waals surface area contributed by atoms with E-state index in [0.717, 1.165) is 10.6 Å². The van der Waals surface area contributed by atoms with Gasteiger partial charge in [0, 0.05) is 31.0 Å². The van der Waals surface area contributed by atoms with Crippen molar-refractivity contribution in [2.45, 2.75) is 6.54 Å². The highest BCUT2D eigenvalue weighted by atomic mass is 32.2. The van der Waals surface area contributed by atoms with Gasteiger partial charge in [-0.1, -0.05) is 0 Å². The van der Waals surface area contributed by atoms with Crippen molar-refractivity contribution >= 4 is 32.8 Å². The summed E-state index contributed by atoms with van der Waals surface area (Å²) in [5, 5.41) is 0.648. The van der Waals surface area contributed by atoms with Crippen molar-refractivity contribution in [3.63, 3.8) is 0 Å². The third-order valence-corrected chi connectivity index (χ3v) is 4.98. The van der Waals surface area contributed by atoms with E-state index in [2.05, 4.69) is 19.9 Å². The largest absolute Gasteiger partial charge is 0.464 e. The minimum atomic E-state index is -3.53. The molecule has 0 aliphatic carbocycles. The molecule has 0 radical (unpaired) electrons. The summed E-state index contributed by atoms with van der Waals surface area (Å²) in [6, 6.07) is 1.61. The zero-order valence-corrected chi connectivity index (χ0v) is 15.1. The molecular weight excluding hydrogens is 360 g/mol. The molecule has 0 amide bonds. The van der Waals surface area contributed by atoms with Gasteiger partial charge >= 0.3 is 5.97 Å². The fraction of sp³-hybridized carbons (Fsp3) is 0.267. The molecule has 0 saturated heterocycles. The maximum atomic E-state index is 12.1. The van der Waals surface area contributed by atoms with Crippen LogP contribution in [0.4, 0.5) is 5.82 Å². The molecule has 0 spiro atoms. The number of hydrogen-bond acceptors (Lipinski definition) is 8. The number of carbonyl (C=O) groups is 1. The molecule has 11 heteroatoms. The van der Waals surface area contributed by atoms with E-state index in [0.29, 0.717) is 16.7 Å². The number of aromatic nitrogens is 5. The molecule has 3 aromatic rings. The van der Waals surface area contributed by atoms with Gasteiger partial charge in [0.15, 0.2) is 5.82 Å². The van der Waals surface area contributed by atoms with Crippen LogP contribution >= 0.6 is 0 Å². The maximum Gasteiger partial charge on any atom is 0.354 e. The first-order valence-corrected chi connectivity index (χ1v) is 9.29. The summed E-state index contributed by atoms with van der Waals surface area (Å²) in [4.78, 5) is 28.6. The number of nitrogens with zero attached hydrogens (tertiary/aromatic N) is 6. The normalized spacial score (nSPS) is 11.5. The quantitative estimate of drug-likeness (QED) is 0.589. The smallest absolute Gasteiger partial charge is 0.354 e. The third-order valence-electron chi connectivity index (χ3n) is 3.81. The summed E-state index contributed by atoms with van der Waals surface area (Å²) in [6.45, 7) is 0.0774. The van der Waals surface area contributed by atoms with Crippen LogP contribution < -0.4 is 4.31 Å². The van der Waals surface area contributed by atoms with Gasteiger partial charge in [-0.15, -0.1) is 0 Å². The number of methoxy groups -OCH3 is 1. The van der Waals surface area contributed by atoms with Gasteiger partial charge in [-0.2, -0.15) is 0 Å². The molecule has 3 aromatic heterocycles. The first-order valence-electron chi connectivity index (χ1n) is 7.44. The number of anilines is 1. The van der Waals surface area contributed by atoms with Crippen LogP contribution in [0.1, 0.15) is 16.2 Å². The maximum absolute atomic E-state index is 12.1. The number of sulfonamides is 1. The van der Waals surface area contributed by atoms with Crippen LogP contribution in [0.15, 0.2) is 31.0 Å². The minimum Gasteiger partial charge on any atom is -0.464 e. The Hall–Kier alpha value is -3.08. The van der Waals surface area contributed by atoms with E-state index in [-0.39, 0.29) is 18.1 Å². The first-order chi connectivity index (χ1) is 12.3. The van der Waals surface area contributed by atoms with Gasteiger partial charge in [0.05, 0.1) is 19.9 Å². The van der Waals surface area contributed by atoms with Crippen molar-refractivity contribution in [2.75, 3.05) is 24.7 Å². The number of esters is 1. The predicted octanol–water partition coefficient (Wildman–Crippen LogP) is 0.452. The average molecular weight is 376 g/mol. The molecule has 3 heterocycles. The molecular formula is C15H16N6O4S. The van der Waals surface area contributed by atoms with Crippen molar-refractivity contribution < 1.29 is 17.9 Å². The van der Waals surface area contributed by atoms with Gasteiger partial charge in [0.2, 0.25) is 10.0 Å². The van der Waals surface area contributed by atoms with E-state index in [1.807, 2.05) is 0 Å². The second kappa shape index (κ2) is 6.67. The van der Waals surface area contributed by atoms with Crippen molar-refractivity contribution in [3.8, 4) is 0 Å². The van der Waals surface area contributed by atoms with E-state index in [1.165, 1.54) is 32.9 Å². The molecule has 26 heavy (non-hydrogen) atoms. The fourth-order valence-electron chi connectivity index (χ4n) is 2.48. The number of carbonyl (C=O) groups excluding carboxylic acids is 1. The Balaban J connectivity index is 2.15. The van der Waals surface area contributed by atoms with Crippen molar-refractivity contribution in [2.24, 2.45) is 0 Å². The van der Waals surface area contributed by atoms with Crippen LogP contribution in [-0.2, 0) is 21.3 Å². The lowest BCUT2D eigenvalue weighted by Gasteiger charge is -2.18. The van der Waals surface area contributed by atoms with Gasteiger partial charge in [0.25, 0.3) is 0 Å². The van der Waals surface area contributed by atoms with Crippen LogP contribution in [0, 0.1) is 0 Å². The van der Waals surface area contributed by atoms with Gasteiger partial charge in [-0.05, 0) is 6.07 Å². The summed E-state index contributed by atoms with van der Waals surface area (Å²) in [7, 11) is -0.859. The highest BCUT2D eigenvalue weighted by Gasteiger charge is 2.22. The van der Waals surface area contributed by atoms with Crippen molar-refractivity contribution in [1.82, 2.24) is 24.5 Å². The average Bonchev–Trinajstić information content (AvgIpc) is 2.99. The zero-order valence-electron chi connectivity index (χ0n) is 14.3. The summed E-state index contributed by atoms with van der Waals surface area (Å²) in [6.07, 6.45) is 6.86. The molecule has 0 bridgehead atoms. The van der Waals surface area contributed by atoms with Crippen LogP contribution in [0.2, 0.25) is 0 Å². The lowest BCUT2D eigenvalue weighted by atomic mass is 10.3. The van der Waals surface area contributed by atoms with Gasteiger partial charge < -0.3 is 9.30 Å². The van der Waals surface area contributed by atoms with Crippen molar-refractivity contribution in [3.05, 3.63) is 42.4 Å². The molecule has 0 aromatic carbocycles. The van der Waals surface area contributed by atoms with Crippen LogP contribution in [0.5, 0.6) is 0 Å². The molecule has 0 atom stereocenters. The zero-order chi connectivity index (χ0) is 18.9. The standard InChI is InChI=1S/C15H16N6O4S/c1-20(26(3,23)24)14-11(17-4-5-18-14)8-21-12(15(22)25-2)6-10-7-16-9-19-13(10)21/h4-7,9H,8H2,1-3H3. The molecule has 0 N–H and O–H groups in total. The summed E-state index contributed by atoms with van der Waals surface area (Å²) < 4.78 is 31.2. The SMILES string of the molecule is COC(=O)c1cc2cncnc2n1Cc1nccnc1N(C)S(C)(=O)=O. The van der Waals surface area contributed by atoms with E-state index in [1.54, 1.807) is 16.8 Å². The Kier molecular flexibility index (Phi) is 4.55. The molecule has 10 nitrogen and oxygen atoms in total. The lowest BCUT2D eigenvalue weighted by molar-refractivity contribution is 0.0589. The topological polar surface area (TPSA) is 120 Å². The summed E-state index contributed by atoms with van der Waals surface area (Å²) in [5.41, 5.74) is 1.11. The van der Waals surface area contributed by atoms with Gasteiger partial charge in [-0.3, -0.25) is 9.29 Å². The number of ether oxygens (including phenoxy) is 1. The van der Waals surface area contributed by atoms with Crippen LogP contribution in [0.25, 0.3) is 11.0 Å². The molecule has 0 saturated carbocycles. The second-order valence-corrected chi connectivity index (χ2v) is 7.48. The van der Waals surface area contributed by atoms with Gasteiger partial charge in [-0.25, -0.2) is 28.2 Å². The second-order valence-electron chi connectivity index (χ2n) is 5.47. The molecule has 0 fully saturated rings. The summed E-state index contributed by atoms with van der Waals surface area (Å²) >= 11 is 0. The molecule has 136 valence electrons. The number of rotatable bonds is 5. The Morgan fingerprint density at radius 1 is 1.27 bits per heavy atom. The van der Waals surface area contributed by atoms with Crippen LogP contribution in [0.3, 0.4) is 0 Å². The Morgan fingerprint density at radius 2 is 2.00 bits per heavy atom. The molecule has 3 rings (SSSR count). The lowest BCUT2D eigenvalue weighted by Crippen LogP contribution is -2.28. The molecule has 0 aliphatic heterocycles. The number of fused-ring (bicyclic) bond motifs is 1. The third kappa shape index (κ3) is 3.20. The van der Waals surface area contributed by atoms with E-state index in [9.17, 15) is 13.2 Å². The summed E-state index contributed by atoms with van der Waals surface area (Å²) in [5.74, 6) is -0.383. The predicted molar refractivity (Wildman–Crippen MR) is 93.2 cm³/mol. The Morgan fingerprint density at radius 3 is 2.69 bits per heavy atom. The number of hydrogen-bond donors (Lipinski definition) is 0. The van der Waals surface area contributed by atoms with E-state index >= 15 is 0 Å². The van der Waals surface area contributed by atoms with Crippen LogP contribution in [-0.4, -0.2) is 59.3 Å². The van der Waals surface area contributed by atoms with Crippen molar-refractivity contribution in [1.29, 1.82) is 0 Å². The monoisotopic (exact) mass is 376 g/mol. The van der Waals surface area contributed by atoms with E-state index < -0.39 is 16.0 Å². The highest BCUT2D eigenvalue weighted by Crippen LogP contribution is 2.22. The molecule has 0 aliphatic rings. The van der Waals surface area contributed by atoms with Gasteiger partial charge in [0.1, 0.15) is 23.4 Å². The van der Waals surface area contributed by atoms with E-state index in [4.69, 9.17) is 4.74 Å². The Labute approximate surface area is 149 Å². The minimum absolute atomic E-state index is 0.0774. The first kappa shape index (κ1) is 17.7. The molecule has 0 unspecified atom stereocenters.